The maximum atomic E-state index is 11.8. The van der Waals surface area contributed by atoms with Crippen molar-refractivity contribution in [3.8, 4) is 0 Å². The molecule has 6 nitrogen and oxygen atoms in total. The zero-order chi connectivity index (χ0) is 15.7. The molecule has 0 saturated carbocycles. The summed E-state index contributed by atoms with van der Waals surface area (Å²) in [5, 5.41) is 0. The van der Waals surface area contributed by atoms with Crippen molar-refractivity contribution in [2.24, 2.45) is 0 Å². The van der Waals surface area contributed by atoms with E-state index in [-0.39, 0.29) is 0 Å². The van der Waals surface area contributed by atoms with Crippen molar-refractivity contribution in [2.45, 2.75) is 6.42 Å². The molecule has 0 spiro atoms. The Kier molecular flexibility index (Phi) is 3.76. The third kappa shape index (κ3) is 2.77. The van der Waals surface area contributed by atoms with Crippen LogP contribution in [0.5, 0.6) is 0 Å². The van der Waals surface area contributed by atoms with E-state index in [0.717, 1.165) is 28.8 Å². The highest BCUT2D eigenvalue weighted by atomic mass is 32.2. The van der Waals surface area contributed by atoms with E-state index < -0.39 is 10.2 Å². The second kappa shape index (κ2) is 5.58. The summed E-state index contributed by atoms with van der Waals surface area (Å²) < 4.78 is 27.2. The zero-order valence-electron chi connectivity index (χ0n) is 12.5. The zero-order valence-corrected chi connectivity index (χ0v) is 13.3. The third-order valence-corrected chi connectivity index (χ3v) is 5.09. The number of benzene rings is 1. The predicted octanol–water partition coefficient (Wildman–Crippen LogP) is 1.99. The van der Waals surface area contributed by atoms with E-state index in [1.54, 1.807) is 6.07 Å². The normalized spacial score (nSPS) is 14.2. The average molecular weight is 318 g/mol. The Morgan fingerprint density at radius 2 is 1.95 bits per heavy atom. The number of pyridine rings is 1. The Morgan fingerprint density at radius 3 is 2.64 bits per heavy atom. The van der Waals surface area contributed by atoms with Crippen LogP contribution in [0, 0.1) is 0 Å². The SMILES string of the molecule is CN(C)S(=O)(=O)Nc1ccc(N2CCc3ccccc32)nc1. The first-order valence-corrected chi connectivity index (χ1v) is 8.43. The standard InChI is InChI=1S/C15H18N4O2S/c1-18(2)22(20,21)17-13-7-8-15(16-11-13)19-10-9-12-5-3-4-6-14(12)19/h3-8,11,17H,9-10H2,1-2H3. The molecule has 116 valence electrons. The van der Waals surface area contributed by atoms with Crippen LogP contribution in [-0.2, 0) is 16.6 Å². The molecule has 1 aromatic heterocycles. The summed E-state index contributed by atoms with van der Waals surface area (Å²) >= 11 is 0. The van der Waals surface area contributed by atoms with Crippen molar-refractivity contribution in [3.05, 3.63) is 48.2 Å². The number of aromatic nitrogens is 1. The van der Waals surface area contributed by atoms with E-state index in [2.05, 4.69) is 26.7 Å². The maximum Gasteiger partial charge on any atom is 0.301 e. The smallest absolute Gasteiger partial charge is 0.301 e. The summed E-state index contributed by atoms with van der Waals surface area (Å²) in [6.45, 7) is 0.884. The van der Waals surface area contributed by atoms with Gasteiger partial charge in [0.25, 0.3) is 0 Å². The molecule has 22 heavy (non-hydrogen) atoms. The van der Waals surface area contributed by atoms with Crippen molar-refractivity contribution in [3.63, 3.8) is 0 Å². The number of para-hydroxylation sites is 1. The van der Waals surface area contributed by atoms with Gasteiger partial charge >= 0.3 is 10.2 Å². The number of hydrogen-bond donors (Lipinski definition) is 1. The van der Waals surface area contributed by atoms with Crippen LogP contribution in [0.3, 0.4) is 0 Å². The van der Waals surface area contributed by atoms with Gasteiger partial charge in [-0.05, 0) is 30.2 Å². The van der Waals surface area contributed by atoms with Gasteiger partial charge in [0.05, 0.1) is 11.9 Å². The van der Waals surface area contributed by atoms with Gasteiger partial charge in [0.1, 0.15) is 5.82 Å². The van der Waals surface area contributed by atoms with Crippen LogP contribution >= 0.6 is 0 Å². The lowest BCUT2D eigenvalue weighted by Crippen LogP contribution is -2.29. The Bertz CT molecular complexity index is 772. The topological polar surface area (TPSA) is 65.5 Å². The van der Waals surface area contributed by atoms with Crippen molar-refractivity contribution < 1.29 is 8.42 Å². The highest BCUT2D eigenvalue weighted by molar-refractivity contribution is 7.90. The quantitative estimate of drug-likeness (QED) is 0.936. The van der Waals surface area contributed by atoms with Crippen molar-refractivity contribution in [1.82, 2.24) is 9.29 Å². The summed E-state index contributed by atoms with van der Waals surface area (Å²) in [4.78, 5) is 6.52. The lowest BCUT2D eigenvalue weighted by atomic mass is 10.2. The molecule has 1 aliphatic heterocycles. The van der Waals surface area contributed by atoms with E-state index >= 15 is 0 Å². The van der Waals surface area contributed by atoms with Crippen LogP contribution in [-0.4, -0.2) is 38.3 Å². The van der Waals surface area contributed by atoms with E-state index in [4.69, 9.17) is 0 Å². The predicted molar refractivity (Wildman–Crippen MR) is 87.6 cm³/mol. The van der Waals surface area contributed by atoms with Gasteiger partial charge < -0.3 is 4.90 Å². The lowest BCUT2D eigenvalue weighted by Gasteiger charge is -2.19. The number of hydrogen-bond acceptors (Lipinski definition) is 4. The number of nitrogens with one attached hydrogen (secondary N) is 1. The van der Waals surface area contributed by atoms with Crippen LogP contribution in [0.1, 0.15) is 5.56 Å². The van der Waals surface area contributed by atoms with Gasteiger partial charge in [-0.25, -0.2) is 4.98 Å². The fraction of sp³-hybridized carbons (Fsp3) is 0.267. The van der Waals surface area contributed by atoms with Crippen LogP contribution in [0.4, 0.5) is 17.2 Å². The third-order valence-electron chi connectivity index (χ3n) is 3.64. The molecule has 0 unspecified atom stereocenters. The second-order valence-electron chi connectivity index (χ2n) is 5.32. The Hall–Kier alpha value is -2.12. The molecule has 0 saturated heterocycles. The Balaban J connectivity index is 1.81. The molecule has 0 atom stereocenters. The first-order valence-electron chi connectivity index (χ1n) is 6.99. The number of anilines is 3. The van der Waals surface area contributed by atoms with Crippen LogP contribution < -0.4 is 9.62 Å². The summed E-state index contributed by atoms with van der Waals surface area (Å²) in [6.07, 6.45) is 2.53. The molecule has 0 amide bonds. The number of nitrogens with zero attached hydrogens (tertiary/aromatic N) is 3. The van der Waals surface area contributed by atoms with E-state index in [0.29, 0.717) is 5.69 Å². The molecule has 7 heteroatoms. The molecule has 2 aromatic rings. The molecule has 1 N–H and O–H groups in total. The van der Waals surface area contributed by atoms with Crippen LogP contribution in [0.15, 0.2) is 42.6 Å². The molecular formula is C15H18N4O2S. The highest BCUT2D eigenvalue weighted by Gasteiger charge is 2.20. The maximum absolute atomic E-state index is 11.8. The Labute approximate surface area is 130 Å². The molecule has 0 bridgehead atoms. The molecule has 0 radical (unpaired) electrons. The van der Waals surface area contributed by atoms with Crippen molar-refractivity contribution >= 4 is 27.4 Å². The Morgan fingerprint density at radius 1 is 1.18 bits per heavy atom. The van der Waals surface area contributed by atoms with Gasteiger partial charge in [0.15, 0.2) is 0 Å². The molecule has 3 rings (SSSR count). The van der Waals surface area contributed by atoms with E-state index in [9.17, 15) is 8.42 Å². The fourth-order valence-corrected chi connectivity index (χ4v) is 3.02. The lowest BCUT2D eigenvalue weighted by molar-refractivity contribution is 0.527. The minimum absolute atomic E-state index is 0.449. The second-order valence-corrected chi connectivity index (χ2v) is 7.21. The fourth-order valence-electron chi connectivity index (χ4n) is 2.42. The monoisotopic (exact) mass is 318 g/mol. The van der Waals surface area contributed by atoms with Crippen LogP contribution in [0.2, 0.25) is 0 Å². The van der Waals surface area contributed by atoms with Gasteiger partial charge in [-0.15, -0.1) is 0 Å². The first-order chi connectivity index (χ1) is 10.5. The van der Waals surface area contributed by atoms with Gasteiger partial charge in [-0.2, -0.15) is 12.7 Å². The van der Waals surface area contributed by atoms with Crippen molar-refractivity contribution in [2.75, 3.05) is 30.3 Å². The highest BCUT2D eigenvalue weighted by Crippen LogP contribution is 2.33. The van der Waals surface area contributed by atoms with E-state index in [1.165, 1.54) is 25.9 Å². The van der Waals surface area contributed by atoms with Gasteiger partial charge in [0.2, 0.25) is 0 Å². The first kappa shape index (κ1) is 14.8. The van der Waals surface area contributed by atoms with Crippen LogP contribution in [0.25, 0.3) is 0 Å². The van der Waals surface area contributed by atoms with Gasteiger partial charge in [0, 0.05) is 26.3 Å². The summed E-state index contributed by atoms with van der Waals surface area (Å²) in [6, 6.07) is 11.8. The molecule has 0 fully saturated rings. The summed E-state index contributed by atoms with van der Waals surface area (Å²) in [5.41, 5.74) is 2.92. The minimum Gasteiger partial charge on any atom is -0.326 e. The number of fused-ring (bicyclic) bond motifs is 1. The molecule has 0 aliphatic carbocycles. The van der Waals surface area contributed by atoms with Gasteiger partial charge in [-0.1, -0.05) is 18.2 Å². The summed E-state index contributed by atoms with van der Waals surface area (Å²) in [5.74, 6) is 0.817. The average Bonchev–Trinajstić information content (AvgIpc) is 2.91. The molecule has 1 aromatic carbocycles. The molecular weight excluding hydrogens is 300 g/mol. The molecule has 1 aliphatic rings. The van der Waals surface area contributed by atoms with E-state index in [1.807, 2.05) is 18.2 Å². The molecule has 2 heterocycles. The van der Waals surface area contributed by atoms with Crippen molar-refractivity contribution in [1.29, 1.82) is 0 Å². The number of rotatable bonds is 4. The minimum atomic E-state index is -3.50. The summed E-state index contributed by atoms with van der Waals surface area (Å²) in [7, 11) is -0.547. The largest absolute Gasteiger partial charge is 0.326 e. The van der Waals surface area contributed by atoms with Gasteiger partial charge in [-0.3, -0.25) is 4.72 Å².